The first-order valence-corrected chi connectivity index (χ1v) is 15.3. The van der Waals surface area contributed by atoms with E-state index < -0.39 is 13.9 Å². The van der Waals surface area contributed by atoms with Crippen LogP contribution in [0.2, 0.25) is 0 Å². The average molecular weight is 505 g/mol. The highest BCUT2D eigenvalue weighted by atomic mass is 31.2. The van der Waals surface area contributed by atoms with Gasteiger partial charge >= 0.3 is 0 Å². The van der Waals surface area contributed by atoms with Gasteiger partial charge in [0.05, 0.1) is 27.2 Å². The van der Waals surface area contributed by atoms with Gasteiger partial charge in [-0.15, -0.1) is 0 Å². The Bertz CT molecular complexity index is 582. The molecular formula is C26H53N2O5P. The van der Waals surface area contributed by atoms with Gasteiger partial charge in [0.2, 0.25) is 5.91 Å². The minimum absolute atomic E-state index is 0.00860. The lowest BCUT2D eigenvalue weighted by Gasteiger charge is -2.29. The highest BCUT2D eigenvalue weighted by Crippen LogP contribution is 2.43. The van der Waals surface area contributed by atoms with Gasteiger partial charge in [0.1, 0.15) is 13.2 Å². The number of phosphoric ester groups is 1. The number of nitrogens with one attached hydrogen (secondary N) is 1. The van der Waals surface area contributed by atoms with Crippen molar-refractivity contribution in [3.63, 3.8) is 0 Å². The van der Waals surface area contributed by atoms with Crippen molar-refractivity contribution >= 4 is 13.7 Å². The van der Waals surface area contributed by atoms with Gasteiger partial charge in [-0.25, -0.2) is 0 Å². The van der Waals surface area contributed by atoms with Gasteiger partial charge in [0.25, 0.3) is 7.82 Å². The van der Waals surface area contributed by atoms with Crippen LogP contribution in [0.15, 0.2) is 0 Å². The van der Waals surface area contributed by atoms with E-state index in [1.807, 2.05) is 21.1 Å². The minimum atomic E-state index is -4.31. The number of amides is 1. The van der Waals surface area contributed by atoms with E-state index >= 15 is 0 Å². The normalized spacial score (nSPS) is 20.4. The minimum Gasteiger partial charge on any atom is -0.756 e. The van der Waals surface area contributed by atoms with Crippen molar-refractivity contribution in [3.8, 4) is 0 Å². The van der Waals surface area contributed by atoms with E-state index in [0.29, 0.717) is 30.3 Å². The Morgan fingerprint density at radius 2 is 1.44 bits per heavy atom. The van der Waals surface area contributed by atoms with Crippen LogP contribution in [0.4, 0.5) is 0 Å². The summed E-state index contributed by atoms with van der Waals surface area (Å²) in [6.45, 7) is 2.95. The van der Waals surface area contributed by atoms with Crippen molar-refractivity contribution in [2.45, 2.75) is 128 Å². The molecule has 1 N–H and O–H groups in total. The van der Waals surface area contributed by atoms with Crippen molar-refractivity contribution in [2.75, 3.05) is 34.3 Å². The zero-order valence-corrected chi connectivity index (χ0v) is 23.4. The van der Waals surface area contributed by atoms with Gasteiger partial charge in [-0.05, 0) is 25.7 Å². The van der Waals surface area contributed by atoms with E-state index in [0.717, 1.165) is 19.3 Å². The molecule has 0 bridgehead atoms. The van der Waals surface area contributed by atoms with Crippen LogP contribution in [0.5, 0.6) is 0 Å². The van der Waals surface area contributed by atoms with Gasteiger partial charge < -0.3 is 23.7 Å². The van der Waals surface area contributed by atoms with Gasteiger partial charge in [-0.3, -0.25) is 9.36 Å². The van der Waals surface area contributed by atoms with Crippen LogP contribution in [0.25, 0.3) is 0 Å². The summed E-state index contributed by atoms with van der Waals surface area (Å²) in [6.07, 6.45) is 18.8. The van der Waals surface area contributed by atoms with Gasteiger partial charge in [-0.2, -0.15) is 0 Å². The third kappa shape index (κ3) is 17.9. The number of hydrogen-bond donors (Lipinski definition) is 1. The van der Waals surface area contributed by atoms with Crippen molar-refractivity contribution in [3.05, 3.63) is 0 Å². The van der Waals surface area contributed by atoms with E-state index in [1.54, 1.807) is 0 Å². The third-order valence-corrected chi connectivity index (χ3v) is 7.60. The molecule has 1 aliphatic rings. The number of likely N-dealkylation sites (N-methyl/N-ethyl adjacent to an activating group) is 1. The predicted octanol–water partition coefficient (Wildman–Crippen LogP) is 5.71. The van der Waals surface area contributed by atoms with E-state index in [-0.39, 0.29) is 18.6 Å². The second-order valence-electron chi connectivity index (χ2n) is 11.1. The molecule has 0 heterocycles. The fourth-order valence-electron chi connectivity index (χ4n) is 4.41. The molecule has 8 heteroatoms. The fraction of sp³-hybridized carbons (Fsp3) is 0.962. The van der Waals surface area contributed by atoms with Gasteiger partial charge in [0.15, 0.2) is 0 Å². The highest BCUT2D eigenvalue weighted by molar-refractivity contribution is 7.45. The molecular weight excluding hydrogens is 451 g/mol. The topological polar surface area (TPSA) is 87.7 Å². The van der Waals surface area contributed by atoms with Crippen LogP contribution < -0.4 is 10.2 Å². The number of unbranched alkanes of at least 4 members (excludes halogenated alkanes) is 12. The van der Waals surface area contributed by atoms with Crippen LogP contribution in [-0.2, 0) is 18.4 Å². The number of phosphoric acid groups is 1. The molecule has 0 spiro atoms. The maximum Gasteiger partial charge on any atom is 0.268 e. The number of carbonyl (C=O) groups excluding carboxylic acids is 1. The first kappa shape index (κ1) is 31.6. The molecule has 0 saturated heterocycles. The molecule has 1 amide bonds. The zero-order chi connectivity index (χ0) is 25.3. The summed E-state index contributed by atoms with van der Waals surface area (Å²) in [6, 6.07) is -0.00860. The summed E-state index contributed by atoms with van der Waals surface area (Å²) < 4.78 is 22.9. The lowest BCUT2D eigenvalue weighted by Crippen LogP contribution is -2.37. The van der Waals surface area contributed by atoms with Gasteiger partial charge in [-0.1, -0.05) is 84.0 Å². The third-order valence-electron chi connectivity index (χ3n) is 6.55. The molecule has 0 aromatic heterocycles. The maximum atomic E-state index is 12.2. The van der Waals surface area contributed by atoms with Crippen LogP contribution in [0.1, 0.15) is 116 Å². The standard InChI is InChI=1S/C26H53N2O5P/c1-5-6-7-8-9-10-11-12-13-14-15-16-17-18-26(29)27-24-19-20-25(23-24)33-34(30,31)32-22-21-28(2,3)4/h24-25H,5-23H2,1-4H3,(H-,27,29,30,31). The Labute approximate surface area is 209 Å². The molecule has 0 radical (unpaired) electrons. The summed E-state index contributed by atoms with van der Waals surface area (Å²) in [5.74, 6) is 0.0678. The first-order chi connectivity index (χ1) is 16.1. The molecule has 3 unspecified atom stereocenters. The Hall–Kier alpha value is -0.460. The second-order valence-corrected chi connectivity index (χ2v) is 12.5. The van der Waals surface area contributed by atoms with Crippen molar-refractivity contribution in [2.24, 2.45) is 0 Å². The maximum absolute atomic E-state index is 12.2. The Kier molecular flexibility index (Phi) is 16.6. The summed E-state index contributed by atoms with van der Waals surface area (Å²) >= 11 is 0. The van der Waals surface area contributed by atoms with Crippen molar-refractivity contribution < 1.29 is 27.8 Å². The van der Waals surface area contributed by atoms with Crippen molar-refractivity contribution in [1.82, 2.24) is 5.32 Å². The van der Waals surface area contributed by atoms with E-state index in [4.69, 9.17) is 9.05 Å². The number of carbonyl (C=O) groups is 1. The van der Waals surface area contributed by atoms with E-state index in [2.05, 4.69) is 12.2 Å². The summed E-state index contributed by atoms with van der Waals surface area (Å²) in [5, 5.41) is 3.05. The predicted molar refractivity (Wildman–Crippen MR) is 137 cm³/mol. The molecule has 0 aromatic carbocycles. The average Bonchev–Trinajstić information content (AvgIpc) is 3.16. The summed E-state index contributed by atoms with van der Waals surface area (Å²) in [5.41, 5.74) is 0. The fourth-order valence-corrected chi connectivity index (χ4v) is 5.33. The largest absolute Gasteiger partial charge is 0.756 e. The molecule has 34 heavy (non-hydrogen) atoms. The molecule has 1 rings (SSSR count). The van der Waals surface area contributed by atoms with Crippen LogP contribution in [0, 0.1) is 0 Å². The Morgan fingerprint density at radius 1 is 0.912 bits per heavy atom. The Morgan fingerprint density at radius 3 is 1.97 bits per heavy atom. The van der Waals surface area contributed by atoms with Crippen LogP contribution in [0.3, 0.4) is 0 Å². The molecule has 7 nitrogen and oxygen atoms in total. The molecule has 0 aromatic rings. The zero-order valence-electron chi connectivity index (χ0n) is 22.5. The highest BCUT2D eigenvalue weighted by Gasteiger charge is 2.29. The SMILES string of the molecule is CCCCCCCCCCCCCCCC(=O)NC1CCC(OP(=O)([O-])OCC[N+](C)(C)C)C1. The molecule has 1 saturated carbocycles. The second kappa shape index (κ2) is 17.9. The monoisotopic (exact) mass is 504 g/mol. The van der Waals surface area contributed by atoms with Crippen molar-refractivity contribution in [1.29, 1.82) is 0 Å². The lowest BCUT2D eigenvalue weighted by molar-refractivity contribution is -0.870. The smallest absolute Gasteiger partial charge is 0.268 e. The summed E-state index contributed by atoms with van der Waals surface area (Å²) in [7, 11) is 1.62. The number of hydrogen-bond acceptors (Lipinski definition) is 5. The lowest BCUT2D eigenvalue weighted by atomic mass is 10.0. The van der Waals surface area contributed by atoms with Crippen LogP contribution >= 0.6 is 7.82 Å². The first-order valence-electron chi connectivity index (χ1n) is 13.8. The Balaban J connectivity index is 2.00. The van der Waals surface area contributed by atoms with Gasteiger partial charge in [0, 0.05) is 12.5 Å². The summed E-state index contributed by atoms with van der Waals surface area (Å²) in [4.78, 5) is 24.3. The quantitative estimate of drug-likeness (QED) is 0.123. The molecule has 0 aliphatic heterocycles. The molecule has 202 valence electrons. The van der Waals surface area contributed by atoms with E-state index in [1.165, 1.54) is 70.6 Å². The van der Waals surface area contributed by atoms with E-state index in [9.17, 15) is 14.3 Å². The van der Waals surface area contributed by atoms with Crippen LogP contribution in [-0.4, -0.2) is 56.8 Å². The number of quaternary nitrogens is 1. The molecule has 1 aliphatic carbocycles. The molecule has 3 atom stereocenters. The number of rotatable bonds is 21. The molecule has 1 fully saturated rings. The number of nitrogens with zero attached hydrogens (tertiary/aromatic N) is 1.